The summed E-state index contributed by atoms with van der Waals surface area (Å²) >= 11 is 1.58. The standard InChI is InChI=1S/C18H25NO3S/c1-13(23-2)17(20)19-11-18(8-4-3-5-9-18)14-6-7-15-16(10-14)22-12-21-15/h6-7,10,13H,3-5,8-9,11-12H2,1-2H3,(H,19,20). The maximum absolute atomic E-state index is 12.2. The molecule has 1 aromatic carbocycles. The predicted molar refractivity (Wildman–Crippen MR) is 93.3 cm³/mol. The number of benzene rings is 1. The zero-order valence-corrected chi connectivity index (χ0v) is 14.7. The normalized spacial score (nSPS) is 20.1. The lowest BCUT2D eigenvalue weighted by Crippen LogP contribution is -2.44. The van der Waals surface area contributed by atoms with E-state index in [0.717, 1.165) is 24.3 Å². The number of amides is 1. The first-order valence-corrected chi connectivity index (χ1v) is 9.64. The van der Waals surface area contributed by atoms with Crippen LogP contribution in [0.3, 0.4) is 0 Å². The average molecular weight is 335 g/mol. The van der Waals surface area contributed by atoms with Crippen molar-refractivity contribution >= 4 is 17.7 Å². The average Bonchev–Trinajstić information content (AvgIpc) is 3.07. The molecule has 1 saturated carbocycles. The number of carbonyl (C=O) groups excluding carboxylic acids is 1. The molecule has 4 nitrogen and oxygen atoms in total. The molecule has 1 fully saturated rings. The molecule has 126 valence electrons. The summed E-state index contributed by atoms with van der Waals surface area (Å²) < 4.78 is 11.0. The largest absolute Gasteiger partial charge is 0.454 e. The van der Waals surface area contributed by atoms with E-state index in [1.165, 1.54) is 24.8 Å². The molecule has 5 heteroatoms. The number of thioether (sulfide) groups is 1. The van der Waals surface area contributed by atoms with E-state index in [0.29, 0.717) is 13.3 Å². The number of carbonyl (C=O) groups is 1. The van der Waals surface area contributed by atoms with Gasteiger partial charge in [-0.1, -0.05) is 25.3 Å². The van der Waals surface area contributed by atoms with Crippen molar-refractivity contribution in [1.82, 2.24) is 5.32 Å². The van der Waals surface area contributed by atoms with Crippen LogP contribution < -0.4 is 14.8 Å². The summed E-state index contributed by atoms with van der Waals surface area (Å²) in [6, 6.07) is 6.25. The molecule has 0 aromatic heterocycles. The van der Waals surface area contributed by atoms with Gasteiger partial charge in [-0.3, -0.25) is 4.79 Å². The molecule has 1 unspecified atom stereocenters. The van der Waals surface area contributed by atoms with Gasteiger partial charge in [0.15, 0.2) is 11.5 Å². The quantitative estimate of drug-likeness (QED) is 0.895. The van der Waals surface area contributed by atoms with Gasteiger partial charge < -0.3 is 14.8 Å². The lowest BCUT2D eigenvalue weighted by atomic mass is 9.69. The van der Waals surface area contributed by atoms with Crippen molar-refractivity contribution in [3.63, 3.8) is 0 Å². The summed E-state index contributed by atoms with van der Waals surface area (Å²) in [5.74, 6) is 1.78. The van der Waals surface area contributed by atoms with Crippen LogP contribution in [-0.4, -0.2) is 30.8 Å². The van der Waals surface area contributed by atoms with Gasteiger partial charge in [-0.15, -0.1) is 0 Å². The van der Waals surface area contributed by atoms with Crippen molar-refractivity contribution in [2.24, 2.45) is 0 Å². The third kappa shape index (κ3) is 3.44. The molecule has 3 rings (SSSR count). The van der Waals surface area contributed by atoms with Crippen molar-refractivity contribution < 1.29 is 14.3 Å². The van der Waals surface area contributed by atoms with Gasteiger partial charge >= 0.3 is 0 Å². The first-order chi connectivity index (χ1) is 11.1. The smallest absolute Gasteiger partial charge is 0.232 e. The lowest BCUT2D eigenvalue weighted by Gasteiger charge is -2.38. The maximum Gasteiger partial charge on any atom is 0.232 e. The Morgan fingerprint density at radius 2 is 2.00 bits per heavy atom. The fourth-order valence-corrected chi connectivity index (χ4v) is 3.83. The minimum atomic E-state index is -0.00704. The van der Waals surface area contributed by atoms with E-state index in [4.69, 9.17) is 9.47 Å². The van der Waals surface area contributed by atoms with E-state index in [9.17, 15) is 4.79 Å². The van der Waals surface area contributed by atoms with Crippen LogP contribution in [0.15, 0.2) is 18.2 Å². The minimum absolute atomic E-state index is 0.00704. The molecule has 2 aliphatic rings. The number of hydrogen-bond donors (Lipinski definition) is 1. The molecule has 1 aliphatic heterocycles. The highest BCUT2D eigenvalue weighted by atomic mass is 32.2. The molecule has 1 heterocycles. The van der Waals surface area contributed by atoms with E-state index in [1.54, 1.807) is 11.8 Å². The fraction of sp³-hybridized carbons (Fsp3) is 0.611. The Balaban J connectivity index is 1.80. The molecule has 1 N–H and O–H groups in total. The summed E-state index contributed by atoms with van der Waals surface area (Å²) in [6.45, 7) is 2.96. The molecule has 0 bridgehead atoms. The van der Waals surface area contributed by atoms with Crippen LogP contribution in [-0.2, 0) is 10.2 Å². The third-order valence-electron chi connectivity index (χ3n) is 5.12. The highest BCUT2D eigenvalue weighted by Gasteiger charge is 2.35. The zero-order valence-electron chi connectivity index (χ0n) is 13.9. The second-order valence-corrected chi connectivity index (χ2v) is 7.68. The second kappa shape index (κ2) is 7.04. The fourth-order valence-electron chi connectivity index (χ4n) is 3.53. The Hall–Kier alpha value is -1.36. The molecule has 0 saturated heterocycles. The van der Waals surface area contributed by atoms with Gasteiger partial charge in [-0.2, -0.15) is 11.8 Å². The summed E-state index contributed by atoms with van der Waals surface area (Å²) in [5.41, 5.74) is 1.28. The topological polar surface area (TPSA) is 47.6 Å². The molecule has 1 aliphatic carbocycles. The Morgan fingerprint density at radius 3 is 2.74 bits per heavy atom. The van der Waals surface area contributed by atoms with Crippen LogP contribution in [0.25, 0.3) is 0 Å². The molecular weight excluding hydrogens is 310 g/mol. The van der Waals surface area contributed by atoms with Gasteiger partial charge in [0.05, 0.1) is 5.25 Å². The number of ether oxygens (including phenoxy) is 2. The zero-order chi connectivity index (χ0) is 16.3. The Morgan fingerprint density at radius 1 is 1.26 bits per heavy atom. The Kier molecular flexibility index (Phi) is 5.05. The van der Waals surface area contributed by atoms with Gasteiger partial charge in [0.25, 0.3) is 0 Å². The Labute approximate surface area is 142 Å². The Bertz CT molecular complexity index is 569. The second-order valence-electron chi connectivity index (χ2n) is 6.50. The van der Waals surface area contributed by atoms with E-state index in [-0.39, 0.29) is 16.6 Å². The van der Waals surface area contributed by atoms with Gasteiger partial charge in [0.2, 0.25) is 12.7 Å². The van der Waals surface area contributed by atoms with E-state index >= 15 is 0 Å². The lowest BCUT2D eigenvalue weighted by molar-refractivity contribution is -0.120. The van der Waals surface area contributed by atoms with Crippen molar-refractivity contribution in [2.45, 2.75) is 49.7 Å². The van der Waals surface area contributed by atoms with Crippen molar-refractivity contribution in [3.8, 4) is 11.5 Å². The molecule has 23 heavy (non-hydrogen) atoms. The highest BCUT2D eigenvalue weighted by molar-refractivity contribution is 7.99. The first-order valence-electron chi connectivity index (χ1n) is 8.35. The monoisotopic (exact) mass is 335 g/mol. The van der Waals surface area contributed by atoms with Gasteiger partial charge in [0, 0.05) is 12.0 Å². The maximum atomic E-state index is 12.2. The van der Waals surface area contributed by atoms with E-state index < -0.39 is 0 Å². The highest BCUT2D eigenvalue weighted by Crippen LogP contribution is 2.43. The number of nitrogens with one attached hydrogen (secondary N) is 1. The van der Waals surface area contributed by atoms with Crippen LogP contribution in [0.4, 0.5) is 0 Å². The first kappa shape index (κ1) is 16.5. The van der Waals surface area contributed by atoms with Gasteiger partial charge in [0.1, 0.15) is 0 Å². The van der Waals surface area contributed by atoms with Gasteiger partial charge in [-0.05, 0) is 43.7 Å². The van der Waals surface area contributed by atoms with Crippen LogP contribution in [0.1, 0.15) is 44.6 Å². The van der Waals surface area contributed by atoms with Crippen LogP contribution >= 0.6 is 11.8 Å². The summed E-state index contributed by atoms with van der Waals surface area (Å²) in [6.07, 6.45) is 7.89. The van der Waals surface area contributed by atoms with Crippen LogP contribution in [0, 0.1) is 0 Å². The van der Waals surface area contributed by atoms with Crippen molar-refractivity contribution in [1.29, 1.82) is 0 Å². The van der Waals surface area contributed by atoms with Crippen molar-refractivity contribution in [3.05, 3.63) is 23.8 Å². The summed E-state index contributed by atoms with van der Waals surface area (Å²) in [4.78, 5) is 12.2. The van der Waals surface area contributed by atoms with E-state index in [2.05, 4.69) is 17.4 Å². The number of fused-ring (bicyclic) bond motifs is 1. The summed E-state index contributed by atoms with van der Waals surface area (Å²) in [5, 5.41) is 3.17. The van der Waals surface area contributed by atoms with Crippen LogP contribution in [0.5, 0.6) is 11.5 Å². The predicted octanol–water partition coefficient (Wildman–Crippen LogP) is 3.48. The summed E-state index contributed by atoms with van der Waals surface area (Å²) in [7, 11) is 0. The van der Waals surface area contributed by atoms with Crippen molar-refractivity contribution in [2.75, 3.05) is 19.6 Å². The molecular formula is C18H25NO3S. The third-order valence-corrected chi connectivity index (χ3v) is 6.04. The van der Waals surface area contributed by atoms with E-state index in [1.807, 2.05) is 19.2 Å². The molecule has 0 spiro atoms. The molecule has 1 atom stereocenters. The minimum Gasteiger partial charge on any atom is -0.454 e. The molecule has 1 amide bonds. The molecule has 1 aromatic rings. The van der Waals surface area contributed by atoms with Gasteiger partial charge in [-0.25, -0.2) is 0 Å². The number of rotatable bonds is 5. The van der Waals surface area contributed by atoms with Crippen LogP contribution in [0.2, 0.25) is 0 Å². The molecule has 0 radical (unpaired) electrons. The SMILES string of the molecule is CSC(C)C(=O)NCC1(c2ccc3c(c2)OCO3)CCCCC1. The number of hydrogen-bond acceptors (Lipinski definition) is 4.